The van der Waals surface area contributed by atoms with Crippen molar-refractivity contribution in [2.45, 2.75) is 39.2 Å². The largest absolute Gasteiger partial charge is 0.466 e. The predicted octanol–water partition coefficient (Wildman–Crippen LogP) is 0.851. The number of carbonyl (C=O) groups is 3. The van der Waals surface area contributed by atoms with Gasteiger partial charge in [0.1, 0.15) is 6.04 Å². The minimum Gasteiger partial charge on any atom is -0.466 e. The highest BCUT2D eigenvalue weighted by molar-refractivity contribution is 5.88. The van der Waals surface area contributed by atoms with E-state index in [0.29, 0.717) is 6.42 Å². The quantitative estimate of drug-likeness (QED) is 0.696. The van der Waals surface area contributed by atoms with Gasteiger partial charge in [-0.1, -0.05) is 29.8 Å². The van der Waals surface area contributed by atoms with Crippen molar-refractivity contribution in [3.63, 3.8) is 0 Å². The summed E-state index contributed by atoms with van der Waals surface area (Å²) < 4.78 is 4.74. The molecule has 1 atom stereocenters. The number of carbonyl (C=O) groups excluding carboxylic acids is 3. The van der Waals surface area contributed by atoms with Crippen LogP contribution in [0.15, 0.2) is 24.3 Å². The molecule has 0 saturated heterocycles. The molecule has 0 fully saturated rings. The van der Waals surface area contributed by atoms with Crippen LogP contribution in [0, 0.1) is 6.92 Å². The van der Waals surface area contributed by atoms with Gasteiger partial charge in [0.25, 0.3) is 0 Å². The van der Waals surface area contributed by atoms with Crippen LogP contribution in [0.1, 0.15) is 30.9 Å². The maximum Gasteiger partial charge on any atom is 0.306 e. The second kappa shape index (κ2) is 8.81. The van der Waals surface area contributed by atoms with Crippen LogP contribution in [-0.2, 0) is 25.5 Å². The second-order valence-corrected chi connectivity index (χ2v) is 5.02. The third kappa shape index (κ3) is 6.39. The number of nitrogens with two attached hydrogens (primary N) is 1. The van der Waals surface area contributed by atoms with Crippen LogP contribution in [0.3, 0.4) is 0 Å². The molecule has 0 aliphatic rings. The number of amides is 2. The third-order valence-corrected chi connectivity index (χ3v) is 3.10. The van der Waals surface area contributed by atoms with Crippen molar-refractivity contribution in [2.75, 3.05) is 6.61 Å². The van der Waals surface area contributed by atoms with Gasteiger partial charge in [-0.05, 0) is 19.4 Å². The van der Waals surface area contributed by atoms with Gasteiger partial charge in [-0.15, -0.1) is 0 Å². The van der Waals surface area contributed by atoms with Crippen molar-refractivity contribution < 1.29 is 19.1 Å². The first kappa shape index (κ1) is 17.7. The topological polar surface area (TPSA) is 98.5 Å². The molecule has 120 valence electrons. The monoisotopic (exact) mass is 306 g/mol. The highest BCUT2D eigenvalue weighted by Gasteiger charge is 2.19. The minimum atomic E-state index is -0.794. The van der Waals surface area contributed by atoms with Crippen LogP contribution in [0.25, 0.3) is 0 Å². The van der Waals surface area contributed by atoms with E-state index in [1.54, 1.807) is 6.92 Å². The van der Waals surface area contributed by atoms with E-state index in [0.717, 1.165) is 11.1 Å². The maximum atomic E-state index is 11.8. The van der Waals surface area contributed by atoms with Crippen LogP contribution >= 0.6 is 0 Å². The lowest BCUT2D eigenvalue weighted by molar-refractivity contribution is -0.144. The summed E-state index contributed by atoms with van der Waals surface area (Å²) in [6, 6.07) is 6.83. The van der Waals surface area contributed by atoms with Gasteiger partial charge in [-0.2, -0.15) is 0 Å². The number of rotatable bonds is 8. The first-order valence-electron chi connectivity index (χ1n) is 7.22. The average Bonchev–Trinajstić information content (AvgIpc) is 2.47. The van der Waals surface area contributed by atoms with E-state index >= 15 is 0 Å². The molecule has 0 radical (unpaired) electrons. The van der Waals surface area contributed by atoms with Gasteiger partial charge in [0.05, 0.1) is 13.0 Å². The molecule has 0 bridgehead atoms. The lowest BCUT2D eigenvalue weighted by Gasteiger charge is -2.15. The Hall–Kier alpha value is -2.37. The Bertz CT molecular complexity index is 525. The molecule has 6 nitrogen and oxygen atoms in total. The van der Waals surface area contributed by atoms with E-state index in [1.807, 2.05) is 31.2 Å². The predicted molar refractivity (Wildman–Crippen MR) is 81.9 cm³/mol. The Balaban J connectivity index is 2.53. The smallest absolute Gasteiger partial charge is 0.306 e. The fourth-order valence-corrected chi connectivity index (χ4v) is 1.90. The molecule has 0 spiro atoms. The molecule has 0 saturated carbocycles. The summed E-state index contributed by atoms with van der Waals surface area (Å²) in [5.41, 5.74) is 7.33. The number of benzene rings is 1. The van der Waals surface area contributed by atoms with E-state index in [-0.39, 0.29) is 19.4 Å². The Morgan fingerprint density at radius 1 is 1.18 bits per heavy atom. The molecule has 0 heterocycles. The molecule has 1 rings (SSSR count). The van der Waals surface area contributed by atoms with Crippen LogP contribution in [-0.4, -0.2) is 30.4 Å². The van der Waals surface area contributed by atoms with Crippen LogP contribution < -0.4 is 11.1 Å². The van der Waals surface area contributed by atoms with E-state index in [9.17, 15) is 14.4 Å². The van der Waals surface area contributed by atoms with Crippen molar-refractivity contribution in [3.8, 4) is 0 Å². The number of nitrogens with one attached hydrogen (secondary N) is 1. The zero-order valence-electron chi connectivity index (χ0n) is 12.9. The summed E-state index contributed by atoms with van der Waals surface area (Å²) in [5, 5.41) is 2.56. The Labute approximate surface area is 130 Å². The highest BCUT2D eigenvalue weighted by atomic mass is 16.5. The Kier molecular flexibility index (Phi) is 7.08. The van der Waals surface area contributed by atoms with Crippen molar-refractivity contribution >= 4 is 17.8 Å². The van der Waals surface area contributed by atoms with Gasteiger partial charge < -0.3 is 15.8 Å². The molecular formula is C16H22N2O4. The molecule has 3 N–H and O–H groups in total. The Morgan fingerprint density at radius 2 is 1.82 bits per heavy atom. The molecule has 1 aromatic rings. The van der Waals surface area contributed by atoms with Gasteiger partial charge in [0.2, 0.25) is 11.8 Å². The molecule has 0 aliphatic heterocycles. The van der Waals surface area contributed by atoms with E-state index in [2.05, 4.69) is 5.32 Å². The van der Waals surface area contributed by atoms with E-state index in [1.165, 1.54) is 0 Å². The minimum absolute atomic E-state index is 0.0182. The molecular weight excluding hydrogens is 284 g/mol. The van der Waals surface area contributed by atoms with E-state index in [4.69, 9.17) is 10.5 Å². The summed E-state index contributed by atoms with van der Waals surface area (Å²) in [4.78, 5) is 34.4. The third-order valence-electron chi connectivity index (χ3n) is 3.10. The van der Waals surface area contributed by atoms with Gasteiger partial charge in [0, 0.05) is 12.8 Å². The number of ether oxygens (including phenoxy) is 1. The first-order valence-corrected chi connectivity index (χ1v) is 7.22. The molecule has 1 aromatic carbocycles. The Morgan fingerprint density at radius 3 is 2.36 bits per heavy atom. The molecule has 6 heteroatoms. The molecule has 0 unspecified atom stereocenters. The zero-order chi connectivity index (χ0) is 16.5. The van der Waals surface area contributed by atoms with Crippen LogP contribution in [0.2, 0.25) is 0 Å². The van der Waals surface area contributed by atoms with E-state index < -0.39 is 23.8 Å². The summed E-state index contributed by atoms with van der Waals surface area (Å²) in [6.07, 6.45) is 0.271. The van der Waals surface area contributed by atoms with Gasteiger partial charge >= 0.3 is 5.97 Å². The van der Waals surface area contributed by atoms with Gasteiger partial charge in [-0.3, -0.25) is 14.4 Å². The van der Waals surface area contributed by atoms with Crippen LogP contribution in [0.5, 0.6) is 0 Å². The molecule has 0 aromatic heterocycles. The number of hydrogen-bond acceptors (Lipinski definition) is 4. The number of primary amides is 1. The summed E-state index contributed by atoms with van der Waals surface area (Å²) in [7, 11) is 0. The SMILES string of the molecule is CCOC(=O)CCC(=O)N[C@H](Cc1ccc(C)cc1)C(N)=O. The number of esters is 1. The van der Waals surface area contributed by atoms with Gasteiger partial charge in [0.15, 0.2) is 0 Å². The number of hydrogen-bond donors (Lipinski definition) is 2. The lowest BCUT2D eigenvalue weighted by Crippen LogP contribution is -2.45. The van der Waals surface area contributed by atoms with Crippen molar-refractivity contribution in [3.05, 3.63) is 35.4 Å². The maximum absolute atomic E-state index is 11.8. The first-order chi connectivity index (χ1) is 10.4. The molecule has 0 aliphatic carbocycles. The summed E-state index contributed by atoms with van der Waals surface area (Å²) >= 11 is 0. The second-order valence-electron chi connectivity index (χ2n) is 5.02. The van der Waals surface area contributed by atoms with Crippen molar-refractivity contribution in [1.29, 1.82) is 0 Å². The average molecular weight is 306 g/mol. The zero-order valence-corrected chi connectivity index (χ0v) is 12.9. The standard InChI is InChI=1S/C16H22N2O4/c1-3-22-15(20)9-8-14(19)18-13(16(17)21)10-12-6-4-11(2)5-7-12/h4-7,13H,3,8-10H2,1-2H3,(H2,17,21)(H,18,19)/t13-/m1/s1. The van der Waals surface area contributed by atoms with Crippen LogP contribution in [0.4, 0.5) is 0 Å². The van der Waals surface area contributed by atoms with Gasteiger partial charge in [-0.25, -0.2) is 0 Å². The fourth-order valence-electron chi connectivity index (χ4n) is 1.90. The van der Waals surface area contributed by atoms with Crippen molar-refractivity contribution in [2.24, 2.45) is 5.73 Å². The molecule has 2 amide bonds. The summed E-state index contributed by atoms with van der Waals surface area (Å²) in [5.74, 6) is -1.44. The summed E-state index contributed by atoms with van der Waals surface area (Å²) in [6.45, 7) is 3.94. The lowest BCUT2D eigenvalue weighted by atomic mass is 10.0. The molecule has 22 heavy (non-hydrogen) atoms. The number of aryl methyl sites for hydroxylation is 1. The van der Waals surface area contributed by atoms with Crippen molar-refractivity contribution in [1.82, 2.24) is 5.32 Å². The highest BCUT2D eigenvalue weighted by Crippen LogP contribution is 2.06. The fraction of sp³-hybridized carbons (Fsp3) is 0.438. The normalized spacial score (nSPS) is 11.5.